The summed E-state index contributed by atoms with van der Waals surface area (Å²) in [5, 5.41) is 9.80. The molecule has 0 heterocycles. The van der Waals surface area contributed by atoms with Crippen molar-refractivity contribution in [2.24, 2.45) is 5.41 Å². The van der Waals surface area contributed by atoms with Crippen molar-refractivity contribution in [3.05, 3.63) is 34.6 Å². The minimum absolute atomic E-state index is 0.0626. The number of aliphatic carboxylic acids is 1. The molecule has 0 aliphatic rings. The zero-order valence-electron chi connectivity index (χ0n) is 12.0. The van der Waals surface area contributed by atoms with Gasteiger partial charge in [0.25, 0.3) is 0 Å². The molecule has 0 amide bonds. The van der Waals surface area contributed by atoms with Crippen LogP contribution in [0.2, 0.25) is 5.02 Å². The summed E-state index contributed by atoms with van der Waals surface area (Å²) in [6, 6.07) is 3.86. The van der Waals surface area contributed by atoms with Gasteiger partial charge >= 0.3 is 11.9 Å². The lowest BCUT2D eigenvalue weighted by Gasteiger charge is -2.27. The molecule has 116 valence electrons. The monoisotopic (exact) mass is 316 g/mol. The number of rotatable bonds is 7. The van der Waals surface area contributed by atoms with Gasteiger partial charge in [-0.3, -0.25) is 9.59 Å². The molecule has 0 saturated heterocycles. The molecule has 0 radical (unpaired) electrons. The molecule has 1 aromatic carbocycles. The van der Waals surface area contributed by atoms with E-state index in [0.29, 0.717) is 6.42 Å². The highest BCUT2D eigenvalue weighted by Gasteiger charge is 2.47. The minimum Gasteiger partial charge on any atom is -0.480 e. The van der Waals surface area contributed by atoms with Crippen LogP contribution >= 0.6 is 11.6 Å². The van der Waals surface area contributed by atoms with Gasteiger partial charge in [-0.15, -0.1) is 0 Å². The van der Waals surface area contributed by atoms with Gasteiger partial charge in [-0.25, -0.2) is 4.39 Å². The molecule has 4 nitrogen and oxygen atoms in total. The van der Waals surface area contributed by atoms with Gasteiger partial charge in [0.2, 0.25) is 0 Å². The van der Waals surface area contributed by atoms with Gasteiger partial charge in [-0.05, 0) is 37.1 Å². The van der Waals surface area contributed by atoms with E-state index in [-0.39, 0.29) is 30.0 Å². The second-order valence-corrected chi connectivity index (χ2v) is 5.21. The van der Waals surface area contributed by atoms with Crippen LogP contribution in [0.1, 0.15) is 32.3 Å². The van der Waals surface area contributed by atoms with Crippen LogP contribution < -0.4 is 0 Å². The maximum atomic E-state index is 13.8. The van der Waals surface area contributed by atoms with E-state index in [9.17, 15) is 19.1 Å². The quantitative estimate of drug-likeness (QED) is 0.618. The highest BCUT2D eigenvalue weighted by molar-refractivity contribution is 6.30. The third-order valence-electron chi connectivity index (χ3n) is 3.25. The number of carbonyl (C=O) groups is 2. The first-order chi connectivity index (χ1) is 9.87. The zero-order valence-corrected chi connectivity index (χ0v) is 12.7. The van der Waals surface area contributed by atoms with Crippen molar-refractivity contribution >= 4 is 23.5 Å². The Morgan fingerprint density at radius 2 is 2.05 bits per heavy atom. The molecule has 0 saturated carbocycles. The fourth-order valence-electron chi connectivity index (χ4n) is 2.23. The van der Waals surface area contributed by atoms with Gasteiger partial charge < -0.3 is 9.84 Å². The predicted molar refractivity (Wildman–Crippen MR) is 76.7 cm³/mol. The molecule has 0 bridgehead atoms. The first-order valence-corrected chi connectivity index (χ1v) is 7.09. The Hall–Kier alpha value is -1.62. The van der Waals surface area contributed by atoms with Crippen molar-refractivity contribution in [1.82, 2.24) is 0 Å². The first-order valence-electron chi connectivity index (χ1n) is 6.72. The van der Waals surface area contributed by atoms with Crippen LogP contribution in [0.5, 0.6) is 0 Å². The van der Waals surface area contributed by atoms with Crippen LogP contribution in [0.25, 0.3) is 0 Å². The van der Waals surface area contributed by atoms with Crippen molar-refractivity contribution in [1.29, 1.82) is 0 Å². The topological polar surface area (TPSA) is 63.6 Å². The average Bonchev–Trinajstić information content (AvgIpc) is 2.42. The van der Waals surface area contributed by atoms with E-state index in [4.69, 9.17) is 16.3 Å². The van der Waals surface area contributed by atoms with Crippen LogP contribution in [0, 0.1) is 11.2 Å². The Balaban J connectivity index is 3.26. The molecule has 0 aliphatic carbocycles. The molecule has 21 heavy (non-hydrogen) atoms. The summed E-state index contributed by atoms with van der Waals surface area (Å²) in [4.78, 5) is 23.8. The number of esters is 1. The number of hydrogen-bond acceptors (Lipinski definition) is 3. The largest absolute Gasteiger partial charge is 0.480 e. The third kappa shape index (κ3) is 3.94. The number of ether oxygens (including phenoxy) is 1. The molecule has 1 unspecified atom stereocenters. The van der Waals surface area contributed by atoms with Crippen LogP contribution in [-0.2, 0) is 20.7 Å². The van der Waals surface area contributed by atoms with Crippen LogP contribution in [0.15, 0.2) is 18.2 Å². The Morgan fingerprint density at radius 1 is 1.38 bits per heavy atom. The fraction of sp³-hybridized carbons (Fsp3) is 0.467. The molecule has 1 N–H and O–H groups in total. The normalized spacial score (nSPS) is 13.5. The summed E-state index contributed by atoms with van der Waals surface area (Å²) in [5.74, 6) is -2.76. The Kier molecular flexibility index (Phi) is 6.15. The highest BCUT2D eigenvalue weighted by atomic mass is 35.5. The van der Waals surface area contributed by atoms with Gasteiger partial charge in [-0.2, -0.15) is 0 Å². The Bertz CT molecular complexity index is 532. The minimum atomic E-state index is -1.80. The lowest BCUT2D eigenvalue weighted by Crippen LogP contribution is -2.43. The molecular weight excluding hydrogens is 299 g/mol. The number of carboxylic acids is 1. The van der Waals surface area contributed by atoms with E-state index in [1.54, 1.807) is 13.8 Å². The maximum absolute atomic E-state index is 13.8. The smallest absolute Gasteiger partial charge is 0.323 e. The molecule has 0 aliphatic heterocycles. The third-order valence-corrected chi connectivity index (χ3v) is 3.49. The van der Waals surface area contributed by atoms with Gasteiger partial charge in [0.05, 0.1) is 6.61 Å². The molecular formula is C15H18ClFO4. The highest BCUT2D eigenvalue weighted by Crippen LogP contribution is 2.33. The van der Waals surface area contributed by atoms with Crippen molar-refractivity contribution in [3.63, 3.8) is 0 Å². The van der Waals surface area contributed by atoms with E-state index in [2.05, 4.69) is 0 Å². The number of carbonyl (C=O) groups excluding carboxylic acids is 1. The Labute approximate surface area is 127 Å². The van der Waals surface area contributed by atoms with E-state index in [1.807, 2.05) is 0 Å². The van der Waals surface area contributed by atoms with Gasteiger partial charge in [0, 0.05) is 11.4 Å². The maximum Gasteiger partial charge on any atom is 0.323 e. The summed E-state index contributed by atoms with van der Waals surface area (Å²) in [6.45, 7) is 3.41. The van der Waals surface area contributed by atoms with E-state index >= 15 is 0 Å². The molecule has 0 spiro atoms. The zero-order chi connectivity index (χ0) is 16.0. The lowest BCUT2D eigenvalue weighted by atomic mass is 9.77. The van der Waals surface area contributed by atoms with Crippen LogP contribution in [0.3, 0.4) is 0 Å². The van der Waals surface area contributed by atoms with Crippen molar-refractivity contribution in [3.8, 4) is 0 Å². The molecule has 1 atom stereocenters. The summed E-state index contributed by atoms with van der Waals surface area (Å²) in [5.41, 5.74) is -1.71. The van der Waals surface area contributed by atoms with Gasteiger partial charge in [0.1, 0.15) is 5.82 Å². The number of hydrogen-bond donors (Lipinski definition) is 1. The fourth-order valence-corrected chi connectivity index (χ4v) is 2.43. The second kappa shape index (κ2) is 7.41. The lowest BCUT2D eigenvalue weighted by molar-refractivity contribution is -0.169. The Morgan fingerprint density at radius 3 is 2.57 bits per heavy atom. The van der Waals surface area contributed by atoms with Crippen LogP contribution in [-0.4, -0.2) is 23.7 Å². The van der Waals surface area contributed by atoms with E-state index in [0.717, 1.165) is 6.07 Å². The summed E-state index contributed by atoms with van der Waals surface area (Å²) < 4.78 is 18.7. The summed E-state index contributed by atoms with van der Waals surface area (Å²) in [6.07, 6.45) is 0.224. The van der Waals surface area contributed by atoms with Crippen molar-refractivity contribution in [2.45, 2.75) is 33.1 Å². The second-order valence-electron chi connectivity index (χ2n) is 4.77. The number of halogens is 2. The molecule has 1 aromatic rings. The molecule has 0 aromatic heterocycles. The van der Waals surface area contributed by atoms with Gasteiger partial charge in [-0.1, -0.05) is 24.9 Å². The molecule has 6 heteroatoms. The van der Waals surface area contributed by atoms with Crippen molar-refractivity contribution < 1.29 is 23.8 Å². The van der Waals surface area contributed by atoms with E-state index in [1.165, 1.54) is 12.1 Å². The number of benzene rings is 1. The summed E-state index contributed by atoms with van der Waals surface area (Å²) >= 11 is 5.81. The van der Waals surface area contributed by atoms with Crippen LogP contribution in [0.4, 0.5) is 4.39 Å². The molecule has 1 rings (SSSR count). The average molecular weight is 317 g/mol. The van der Waals surface area contributed by atoms with E-state index < -0.39 is 23.2 Å². The first kappa shape index (κ1) is 17.4. The number of carboxylic acid groups (broad SMARTS) is 1. The van der Waals surface area contributed by atoms with Gasteiger partial charge in [0.15, 0.2) is 5.41 Å². The molecule has 0 fully saturated rings. The standard InChI is InChI=1S/C15H18ClFO4/c1-3-7-15(13(18)19,14(20)21-4-2)9-10-8-11(16)5-6-12(10)17/h5-6,8H,3-4,7,9H2,1-2H3,(H,18,19). The SMILES string of the molecule is CCCC(Cc1cc(Cl)ccc1F)(C(=O)O)C(=O)OCC. The summed E-state index contributed by atoms with van der Waals surface area (Å²) in [7, 11) is 0. The predicted octanol–water partition coefficient (Wildman–Crippen LogP) is 3.46. The van der Waals surface area contributed by atoms with Crippen molar-refractivity contribution in [2.75, 3.05) is 6.61 Å².